The summed E-state index contributed by atoms with van der Waals surface area (Å²) in [5.41, 5.74) is 2.94. The number of rotatable bonds is 6. The lowest BCUT2D eigenvalue weighted by Crippen LogP contribution is -2.31. The molecule has 4 rings (SSSR count). The molecule has 0 fully saturated rings. The van der Waals surface area contributed by atoms with Gasteiger partial charge in [0.15, 0.2) is 5.16 Å². The molecular weight excluding hydrogens is 412 g/mol. The van der Waals surface area contributed by atoms with E-state index in [4.69, 9.17) is 4.74 Å². The summed E-state index contributed by atoms with van der Waals surface area (Å²) in [6, 6.07) is 13.6. The van der Waals surface area contributed by atoms with Crippen molar-refractivity contribution < 1.29 is 9.53 Å². The Morgan fingerprint density at radius 2 is 2.00 bits per heavy atom. The number of pyridine rings is 1. The van der Waals surface area contributed by atoms with Crippen molar-refractivity contribution in [3.63, 3.8) is 0 Å². The van der Waals surface area contributed by atoms with Crippen LogP contribution in [0.5, 0.6) is 0 Å². The number of anilines is 1. The third kappa shape index (κ3) is 4.39. The first-order valence-corrected chi connectivity index (χ1v) is 10.9. The van der Waals surface area contributed by atoms with Gasteiger partial charge in [0.1, 0.15) is 5.82 Å². The number of H-pyrrole nitrogens is 1. The van der Waals surface area contributed by atoms with Crippen LogP contribution >= 0.6 is 11.8 Å². The Bertz CT molecular complexity index is 1180. The van der Waals surface area contributed by atoms with Gasteiger partial charge in [-0.05, 0) is 31.0 Å². The fourth-order valence-corrected chi connectivity index (χ4v) is 4.40. The molecule has 1 aliphatic rings. The third-order valence-electron chi connectivity index (χ3n) is 4.95. The van der Waals surface area contributed by atoms with E-state index < -0.39 is 11.9 Å². The minimum Gasteiger partial charge on any atom is -0.463 e. The molecule has 7 nitrogen and oxygen atoms in total. The SMILES string of the molecule is CCOC(=O)C1=C(C)Nc2nc(SCc3ccccc3)[nH]c(=O)c2C1c1cccnc1. The van der Waals surface area contributed by atoms with Crippen molar-refractivity contribution in [1.29, 1.82) is 0 Å². The van der Waals surface area contributed by atoms with Crippen molar-refractivity contribution >= 4 is 23.5 Å². The molecule has 0 saturated heterocycles. The number of carbonyl (C=O) groups is 1. The van der Waals surface area contributed by atoms with Gasteiger partial charge >= 0.3 is 5.97 Å². The maximum absolute atomic E-state index is 13.2. The summed E-state index contributed by atoms with van der Waals surface area (Å²) in [6.07, 6.45) is 3.31. The Hall–Kier alpha value is -3.39. The van der Waals surface area contributed by atoms with Gasteiger partial charge in [0.2, 0.25) is 0 Å². The molecule has 8 heteroatoms. The molecule has 0 bridgehead atoms. The van der Waals surface area contributed by atoms with Gasteiger partial charge in [0.25, 0.3) is 5.56 Å². The molecule has 1 unspecified atom stereocenters. The second-order valence-corrected chi connectivity index (χ2v) is 7.98. The summed E-state index contributed by atoms with van der Waals surface area (Å²) in [7, 11) is 0. The number of carbonyl (C=O) groups excluding carboxylic acids is 1. The van der Waals surface area contributed by atoms with Gasteiger partial charge in [-0.3, -0.25) is 9.78 Å². The standard InChI is InChI=1S/C23H22N4O3S/c1-3-30-22(29)17-14(2)25-20-19(18(17)16-10-7-11-24-12-16)21(28)27-23(26-20)31-13-15-8-5-4-6-9-15/h4-12,18H,3,13H2,1-2H3,(H2,25,26,27,28). The van der Waals surface area contributed by atoms with Gasteiger partial charge in [-0.15, -0.1) is 0 Å². The highest BCUT2D eigenvalue weighted by atomic mass is 32.2. The maximum atomic E-state index is 13.2. The summed E-state index contributed by atoms with van der Waals surface area (Å²) < 4.78 is 5.28. The highest BCUT2D eigenvalue weighted by Gasteiger charge is 2.36. The smallest absolute Gasteiger partial charge is 0.336 e. The molecule has 3 aromatic rings. The fraction of sp³-hybridized carbons (Fsp3) is 0.217. The zero-order chi connectivity index (χ0) is 21.8. The third-order valence-corrected chi connectivity index (χ3v) is 5.90. The Morgan fingerprint density at radius 1 is 1.19 bits per heavy atom. The van der Waals surface area contributed by atoms with E-state index in [0.29, 0.717) is 33.6 Å². The topological polar surface area (TPSA) is 97.0 Å². The van der Waals surface area contributed by atoms with Crippen molar-refractivity contribution in [3.05, 3.63) is 93.2 Å². The molecule has 2 aromatic heterocycles. The lowest BCUT2D eigenvalue weighted by molar-refractivity contribution is -0.138. The second-order valence-electron chi connectivity index (χ2n) is 7.01. The zero-order valence-corrected chi connectivity index (χ0v) is 18.0. The quantitative estimate of drug-likeness (QED) is 0.345. The number of nitrogens with zero attached hydrogens (tertiary/aromatic N) is 2. The van der Waals surface area contributed by atoms with Crippen LogP contribution in [0.15, 0.2) is 76.1 Å². The molecule has 0 amide bonds. The Labute approximate surface area is 184 Å². The Morgan fingerprint density at radius 3 is 2.71 bits per heavy atom. The monoisotopic (exact) mass is 434 g/mol. The number of ether oxygens (including phenoxy) is 1. The van der Waals surface area contributed by atoms with Gasteiger partial charge in [-0.2, -0.15) is 0 Å². The van der Waals surface area contributed by atoms with Gasteiger partial charge in [-0.1, -0.05) is 48.2 Å². The van der Waals surface area contributed by atoms with Crippen LogP contribution in [0.4, 0.5) is 5.82 Å². The van der Waals surface area contributed by atoms with E-state index in [1.807, 2.05) is 36.4 Å². The lowest BCUT2D eigenvalue weighted by atomic mass is 9.83. The van der Waals surface area contributed by atoms with Gasteiger partial charge < -0.3 is 15.0 Å². The van der Waals surface area contributed by atoms with E-state index in [9.17, 15) is 9.59 Å². The summed E-state index contributed by atoms with van der Waals surface area (Å²) >= 11 is 1.45. The van der Waals surface area contributed by atoms with Gasteiger partial charge in [0.05, 0.1) is 23.7 Å². The molecule has 158 valence electrons. The summed E-state index contributed by atoms with van der Waals surface area (Å²) in [5, 5.41) is 3.65. The van der Waals surface area contributed by atoms with Crippen LogP contribution < -0.4 is 10.9 Å². The van der Waals surface area contributed by atoms with Crippen LogP contribution in [-0.2, 0) is 15.3 Å². The normalized spacial score (nSPS) is 15.2. The van der Waals surface area contributed by atoms with Crippen molar-refractivity contribution in [2.75, 3.05) is 11.9 Å². The predicted molar refractivity (Wildman–Crippen MR) is 120 cm³/mol. The van der Waals surface area contributed by atoms with Crippen LogP contribution in [0, 0.1) is 0 Å². The minimum absolute atomic E-state index is 0.242. The van der Waals surface area contributed by atoms with Gasteiger partial charge in [0, 0.05) is 23.8 Å². The fourth-order valence-electron chi connectivity index (χ4n) is 3.58. The number of nitrogens with one attached hydrogen (secondary N) is 2. The molecule has 0 aliphatic carbocycles. The molecule has 1 aliphatic heterocycles. The first-order chi connectivity index (χ1) is 15.1. The molecule has 31 heavy (non-hydrogen) atoms. The average Bonchev–Trinajstić information content (AvgIpc) is 2.78. The van der Waals surface area contributed by atoms with Crippen molar-refractivity contribution in [2.45, 2.75) is 30.7 Å². The number of hydrogen-bond acceptors (Lipinski definition) is 7. The molecule has 3 heterocycles. The molecule has 1 atom stereocenters. The first-order valence-electron chi connectivity index (χ1n) is 9.94. The first kappa shape index (κ1) is 20.9. The largest absolute Gasteiger partial charge is 0.463 e. The van der Waals surface area contributed by atoms with Crippen LogP contribution in [0.2, 0.25) is 0 Å². The van der Waals surface area contributed by atoms with Crippen LogP contribution in [-0.4, -0.2) is 27.5 Å². The molecular formula is C23H22N4O3S. The molecule has 0 spiro atoms. The van der Waals surface area contributed by atoms with E-state index in [1.54, 1.807) is 32.3 Å². The molecule has 0 radical (unpaired) electrons. The zero-order valence-electron chi connectivity index (χ0n) is 17.2. The van der Waals surface area contributed by atoms with Crippen LogP contribution in [0.1, 0.15) is 36.5 Å². The predicted octanol–water partition coefficient (Wildman–Crippen LogP) is 3.85. The number of esters is 1. The summed E-state index contributed by atoms with van der Waals surface area (Å²) in [6.45, 7) is 3.78. The van der Waals surface area contributed by atoms with E-state index in [0.717, 1.165) is 11.1 Å². The highest BCUT2D eigenvalue weighted by molar-refractivity contribution is 7.98. The van der Waals surface area contributed by atoms with Crippen molar-refractivity contribution in [1.82, 2.24) is 15.0 Å². The number of benzene rings is 1. The minimum atomic E-state index is -0.617. The number of aromatic nitrogens is 3. The molecule has 0 saturated carbocycles. The van der Waals surface area contributed by atoms with E-state index in [2.05, 4.69) is 20.3 Å². The Balaban J connectivity index is 1.75. The lowest BCUT2D eigenvalue weighted by Gasteiger charge is -2.28. The van der Waals surface area contributed by atoms with Crippen LogP contribution in [0.25, 0.3) is 0 Å². The summed E-state index contributed by atoms with van der Waals surface area (Å²) in [5.74, 6) is 0.0402. The average molecular weight is 435 g/mol. The van der Waals surface area contributed by atoms with E-state index in [1.165, 1.54) is 11.8 Å². The highest BCUT2D eigenvalue weighted by Crippen LogP contribution is 2.39. The van der Waals surface area contributed by atoms with Crippen molar-refractivity contribution in [3.8, 4) is 0 Å². The van der Waals surface area contributed by atoms with Crippen molar-refractivity contribution in [2.24, 2.45) is 0 Å². The van der Waals surface area contributed by atoms with E-state index in [-0.39, 0.29) is 12.2 Å². The van der Waals surface area contributed by atoms with E-state index >= 15 is 0 Å². The Kier molecular flexibility index (Phi) is 6.18. The molecule has 2 N–H and O–H groups in total. The molecule has 1 aromatic carbocycles. The van der Waals surface area contributed by atoms with Crippen LogP contribution in [0.3, 0.4) is 0 Å². The number of hydrogen-bond donors (Lipinski definition) is 2. The van der Waals surface area contributed by atoms with Gasteiger partial charge in [-0.25, -0.2) is 9.78 Å². The maximum Gasteiger partial charge on any atom is 0.336 e. The second kappa shape index (κ2) is 9.18. The number of fused-ring (bicyclic) bond motifs is 1. The summed E-state index contributed by atoms with van der Waals surface area (Å²) in [4.78, 5) is 37.6. The number of aromatic amines is 1. The number of thioether (sulfide) groups is 1. The number of allylic oxidation sites excluding steroid dienone is 1.